The number of aromatic nitrogens is 5. The van der Waals surface area contributed by atoms with Crippen LogP contribution >= 0.6 is 60.6 Å². The Morgan fingerprint density at radius 1 is 1.15 bits per heavy atom. The quantitative estimate of drug-likeness (QED) is 0.465. The molecule has 0 aromatic carbocycles. The molecule has 9 heteroatoms. The van der Waals surface area contributed by atoms with Crippen molar-refractivity contribution >= 4 is 71.8 Å². The van der Waals surface area contributed by atoms with Crippen LogP contribution in [0.1, 0.15) is 11.3 Å². The summed E-state index contributed by atoms with van der Waals surface area (Å²) in [4.78, 5) is 9.31. The van der Waals surface area contributed by atoms with E-state index >= 15 is 0 Å². The van der Waals surface area contributed by atoms with Crippen LogP contribution < -0.4 is 0 Å². The number of nitrogens with zero attached hydrogens (tertiary/aromatic N) is 5. The highest BCUT2D eigenvalue weighted by molar-refractivity contribution is 14.2. The summed E-state index contributed by atoms with van der Waals surface area (Å²) in [6.45, 7) is 4.05. The van der Waals surface area contributed by atoms with Crippen LogP contribution in [0.2, 0.25) is 0 Å². The van der Waals surface area contributed by atoms with Gasteiger partial charge in [0.1, 0.15) is 5.52 Å². The fourth-order valence-corrected chi connectivity index (χ4v) is 4.21. The van der Waals surface area contributed by atoms with Crippen LogP contribution in [-0.4, -0.2) is 23.1 Å². The smallest absolute Gasteiger partial charge is 0.169 e. The summed E-state index contributed by atoms with van der Waals surface area (Å²) in [5, 5.41) is 4.42. The van der Waals surface area contributed by atoms with Gasteiger partial charge in [-0.2, -0.15) is 5.10 Å². The average Bonchev–Trinajstić information content (AvgIpc) is 2.99. The molecule has 0 spiro atoms. The van der Waals surface area contributed by atoms with Gasteiger partial charge in [-0.15, -0.1) is 0 Å². The monoisotopic (exact) mass is 529 g/mol. The Kier molecular flexibility index (Phi) is 4.48. The standard InChI is InChI=1S/C11H9I2N5S2/c1-6-4-17(19-12)11-10(6)15-9(3-14-11)8-5-18(20-13)16-7(8)2/h3-5H,1-2H3. The zero-order valence-corrected chi connectivity index (χ0v) is 16.5. The van der Waals surface area contributed by atoms with Gasteiger partial charge in [0.15, 0.2) is 5.65 Å². The molecule has 5 nitrogen and oxygen atoms in total. The fourth-order valence-electron chi connectivity index (χ4n) is 2.01. The Balaban J connectivity index is 2.17. The van der Waals surface area contributed by atoms with Crippen molar-refractivity contribution in [2.24, 2.45) is 0 Å². The van der Waals surface area contributed by atoms with Crippen molar-refractivity contribution in [2.45, 2.75) is 13.8 Å². The molecule has 0 atom stereocenters. The molecular weight excluding hydrogens is 520 g/mol. The van der Waals surface area contributed by atoms with E-state index in [9.17, 15) is 0 Å². The van der Waals surface area contributed by atoms with Crippen molar-refractivity contribution in [3.8, 4) is 11.3 Å². The third kappa shape index (κ3) is 2.57. The highest BCUT2D eigenvalue weighted by atomic mass is 127. The van der Waals surface area contributed by atoms with Gasteiger partial charge in [0.2, 0.25) is 0 Å². The van der Waals surface area contributed by atoms with Crippen molar-refractivity contribution in [1.29, 1.82) is 0 Å². The average molecular weight is 529 g/mol. The second-order valence-electron chi connectivity index (χ2n) is 4.23. The minimum absolute atomic E-state index is 0.867. The number of hydrogen-bond acceptors (Lipinski definition) is 5. The van der Waals surface area contributed by atoms with E-state index in [2.05, 4.69) is 65.6 Å². The zero-order valence-electron chi connectivity index (χ0n) is 10.5. The Morgan fingerprint density at radius 2 is 1.95 bits per heavy atom. The molecule has 0 aliphatic rings. The first-order valence-electron chi connectivity index (χ1n) is 5.63. The summed E-state index contributed by atoms with van der Waals surface area (Å²) in [5.74, 6) is 0. The van der Waals surface area contributed by atoms with Crippen molar-refractivity contribution in [2.75, 3.05) is 0 Å². The molecule has 3 aromatic rings. The summed E-state index contributed by atoms with van der Waals surface area (Å²) in [7, 11) is 3.13. The molecule has 0 fully saturated rings. The highest BCUT2D eigenvalue weighted by Gasteiger charge is 2.13. The zero-order chi connectivity index (χ0) is 14.3. The van der Waals surface area contributed by atoms with E-state index in [4.69, 9.17) is 4.98 Å². The summed E-state index contributed by atoms with van der Waals surface area (Å²) in [6, 6.07) is 0. The van der Waals surface area contributed by atoms with Crippen molar-refractivity contribution in [3.63, 3.8) is 0 Å². The Bertz CT molecular complexity index is 783. The highest BCUT2D eigenvalue weighted by Crippen LogP contribution is 2.29. The molecule has 3 heterocycles. The fraction of sp³-hybridized carbons (Fsp3) is 0.182. The van der Waals surface area contributed by atoms with Gasteiger partial charge in [-0.05, 0) is 19.4 Å². The van der Waals surface area contributed by atoms with Gasteiger partial charge in [-0.25, -0.2) is 14.1 Å². The molecule has 0 unspecified atom stereocenters. The maximum absolute atomic E-state index is 4.76. The van der Waals surface area contributed by atoms with Gasteiger partial charge in [-0.1, -0.05) is 0 Å². The van der Waals surface area contributed by atoms with Crippen LogP contribution in [-0.2, 0) is 0 Å². The lowest BCUT2D eigenvalue weighted by Crippen LogP contribution is -1.90. The third-order valence-corrected chi connectivity index (χ3v) is 6.18. The topological polar surface area (TPSA) is 48.5 Å². The Labute approximate surface area is 148 Å². The molecule has 0 amide bonds. The van der Waals surface area contributed by atoms with Gasteiger partial charge < -0.3 is 0 Å². The lowest BCUT2D eigenvalue weighted by Gasteiger charge is -2.00. The van der Waals surface area contributed by atoms with Crippen LogP contribution in [0.4, 0.5) is 0 Å². The number of rotatable bonds is 3. The van der Waals surface area contributed by atoms with Gasteiger partial charge in [-0.3, -0.25) is 3.97 Å². The molecule has 0 N–H and O–H groups in total. The van der Waals surface area contributed by atoms with Crippen LogP contribution in [0.15, 0.2) is 18.6 Å². The summed E-state index contributed by atoms with van der Waals surface area (Å²) >= 11 is 4.45. The largest absolute Gasteiger partial charge is 0.264 e. The lowest BCUT2D eigenvalue weighted by molar-refractivity contribution is 0.986. The number of halogens is 2. The molecule has 0 saturated carbocycles. The van der Waals surface area contributed by atoms with Crippen molar-refractivity contribution in [1.82, 2.24) is 23.1 Å². The van der Waals surface area contributed by atoms with Gasteiger partial charge in [0.25, 0.3) is 0 Å². The van der Waals surface area contributed by atoms with E-state index in [0.29, 0.717) is 0 Å². The SMILES string of the molecule is Cc1nn(SI)cc1-c1cnc2c(n1)c(C)cn2SI. The normalized spacial score (nSPS) is 11.4. The van der Waals surface area contributed by atoms with Gasteiger partial charge in [0.05, 0.1) is 17.6 Å². The van der Waals surface area contributed by atoms with Gasteiger partial charge >= 0.3 is 0 Å². The molecule has 3 aromatic heterocycles. The predicted molar refractivity (Wildman–Crippen MR) is 102 cm³/mol. The van der Waals surface area contributed by atoms with E-state index in [1.807, 2.05) is 27.4 Å². The van der Waals surface area contributed by atoms with E-state index in [1.165, 1.54) is 9.12 Å². The van der Waals surface area contributed by atoms with Crippen LogP contribution in [0.5, 0.6) is 0 Å². The molecule has 104 valence electrons. The minimum Gasteiger partial charge on any atom is -0.264 e. The first-order chi connectivity index (χ1) is 9.63. The molecular formula is C11H9I2N5S2. The number of fused-ring (bicyclic) bond motifs is 1. The van der Waals surface area contributed by atoms with E-state index in [-0.39, 0.29) is 0 Å². The van der Waals surface area contributed by atoms with E-state index in [0.717, 1.165) is 33.7 Å². The third-order valence-electron chi connectivity index (χ3n) is 2.95. The minimum atomic E-state index is 0.867. The van der Waals surface area contributed by atoms with Crippen LogP contribution in [0.25, 0.3) is 22.4 Å². The van der Waals surface area contributed by atoms with Crippen LogP contribution in [0.3, 0.4) is 0 Å². The van der Waals surface area contributed by atoms with E-state index < -0.39 is 0 Å². The summed E-state index contributed by atoms with van der Waals surface area (Å²) in [6.07, 6.45) is 5.86. The Morgan fingerprint density at radius 3 is 2.60 bits per heavy atom. The molecule has 20 heavy (non-hydrogen) atoms. The number of aryl methyl sites for hydroxylation is 2. The molecule has 0 bridgehead atoms. The molecule has 0 aliphatic heterocycles. The summed E-state index contributed by atoms with van der Waals surface area (Å²) in [5.41, 5.74) is 5.83. The molecule has 0 saturated heterocycles. The molecule has 3 rings (SSSR count). The second-order valence-corrected chi connectivity index (χ2v) is 7.64. The molecule has 0 aliphatic carbocycles. The van der Waals surface area contributed by atoms with Crippen LogP contribution in [0, 0.1) is 13.8 Å². The predicted octanol–water partition coefficient (Wildman–Crippen LogP) is 4.60. The van der Waals surface area contributed by atoms with E-state index in [1.54, 1.807) is 9.12 Å². The first-order valence-corrected chi connectivity index (χ1v) is 12.3. The maximum atomic E-state index is 4.76. The first kappa shape index (κ1) is 14.9. The lowest BCUT2D eigenvalue weighted by atomic mass is 10.2. The Hall–Kier alpha value is -0.0100. The second kappa shape index (κ2) is 6.01. The van der Waals surface area contributed by atoms with Gasteiger partial charge in [0, 0.05) is 78.6 Å². The van der Waals surface area contributed by atoms with Crippen molar-refractivity contribution < 1.29 is 0 Å². The maximum Gasteiger partial charge on any atom is 0.169 e. The molecule has 0 radical (unpaired) electrons. The summed E-state index contributed by atoms with van der Waals surface area (Å²) < 4.78 is 3.86. The number of hydrogen-bond donors (Lipinski definition) is 0. The van der Waals surface area contributed by atoms with Crippen molar-refractivity contribution in [3.05, 3.63) is 29.8 Å².